The third-order valence-electron chi connectivity index (χ3n) is 6.06. The van der Waals surface area contributed by atoms with E-state index in [-0.39, 0.29) is 5.75 Å². The first-order valence-corrected chi connectivity index (χ1v) is 10.3. The molecule has 0 bridgehead atoms. The lowest BCUT2D eigenvalue weighted by Crippen LogP contribution is -2.34. The molecule has 0 spiro atoms. The molecule has 3 heterocycles. The molecular formula is C21H25NO2S. The summed E-state index contributed by atoms with van der Waals surface area (Å²) in [6.07, 6.45) is 7.52. The zero-order valence-electron chi connectivity index (χ0n) is 14.8. The molecule has 5 rings (SSSR count). The van der Waals surface area contributed by atoms with E-state index in [2.05, 4.69) is 22.3 Å². The van der Waals surface area contributed by atoms with Gasteiger partial charge in [-0.1, -0.05) is 0 Å². The molecule has 1 aromatic heterocycles. The average molecular weight is 356 g/mol. The lowest BCUT2D eigenvalue weighted by molar-refractivity contribution is 0.173. The Morgan fingerprint density at radius 2 is 2.04 bits per heavy atom. The van der Waals surface area contributed by atoms with Crippen molar-refractivity contribution in [2.24, 2.45) is 5.92 Å². The van der Waals surface area contributed by atoms with E-state index < -0.39 is 0 Å². The van der Waals surface area contributed by atoms with Crippen LogP contribution in [-0.4, -0.2) is 23.7 Å². The van der Waals surface area contributed by atoms with Crippen LogP contribution in [0.15, 0.2) is 18.2 Å². The van der Waals surface area contributed by atoms with Gasteiger partial charge in [0.15, 0.2) is 11.5 Å². The van der Waals surface area contributed by atoms with Crippen LogP contribution in [-0.2, 0) is 25.8 Å². The third kappa shape index (κ3) is 2.85. The van der Waals surface area contributed by atoms with E-state index in [4.69, 9.17) is 4.74 Å². The van der Waals surface area contributed by atoms with Crippen molar-refractivity contribution in [1.29, 1.82) is 0 Å². The SMILES string of the molecule is COc1cc2c(cc1O)[C@@H]1CCc3sc(CC4CC4)cc3CN1CC2. The van der Waals surface area contributed by atoms with Gasteiger partial charge >= 0.3 is 0 Å². The zero-order valence-corrected chi connectivity index (χ0v) is 15.6. The fourth-order valence-electron chi connectivity index (χ4n) is 4.53. The Morgan fingerprint density at radius 1 is 1.16 bits per heavy atom. The largest absolute Gasteiger partial charge is 0.504 e. The number of ether oxygens (including phenoxy) is 1. The number of methoxy groups -OCH3 is 1. The number of fused-ring (bicyclic) bond motifs is 4. The van der Waals surface area contributed by atoms with Crippen LogP contribution in [0, 0.1) is 5.92 Å². The van der Waals surface area contributed by atoms with Crippen LogP contribution in [0.3, 0.4) is 0 Å². The van der Waals surface area contributed by atoms with Crippen molar-refractivity contribution in [1.82, 2.24) is 4.90 Å². The van der Waals surface area contributed by atoms with Gasteiger partial charge < -0.3 is 9.84 Å². The molecule has 0 amide bonds. The molecule has 1 saturated carbocycles. The maximum Gasteiger partial charge on any atom is 0.160 e. The molecule has 2 aromatic rings. The summed E-state index contributed by atoms with van der Waals surface area (Å²) in [6, 6.07) is 6.90. The fraction of sp³-hybridized carbons (Fsp3) is 0.524. The van der Waals surface area contributed by atoms with E-state index in [1.165, 1.54) is 30.4 Å². The van der Waals surface area contributed by atoms with Gasteiger partial charge in [0, 0.05) is 28.9 Å². The number of nitrogens with zero attached hydrogens (tertiary/aromatic N) is 1. The minimum absolute atomic E-state index is 0.272. The molecule has 3 aliphatic rings. The number of aromatic hydroxyl groups is 1. The van der Waals surface area contributed by atoms with E-state index in [0.717, 1.165) is 38.3 Å². The summed E-state index contributed by atoms with van der Waals surface area (Å²) in [6.45, 7) is 2.16. The molecule has 4 heteroatoms. The van der Waals surface area contributed by atoms with Crippen molar-refractivity contribution in [2.75, 3.05) is 13.7 Å². The van der Waals surface area contributed by atoms with Gasteiger partial charge in [-0.3, -0.25) is 4.90 Å². The lowest BCUT2D eigenvalue weighted by atomic mass is 9.90. The molecule has 0 saturated heterocycles. The van der Waals surface area contributed by atoms with Gasteiger partial charge in [-0.05, 0) is 79.3 Å². The first-order chi connectivity index (χ1) is 12.2. The number of phenols is 1. The first kappa shape index (κ1) is 15.7. The van der Waals surface area contributed by atoms with Crippen molar-refractivity contribution in [3.05, 3.63) is 44.6 Å². The van der Waals surface area contributed by atoms with Gasteiger partial charge in [0.2, 0.25) is 0 Å². The number of phenolic OH excluding ortho intramolecular Hbond substituents is 1. The van der Waals surface area contributed by atoms with Crippen LogP contribution in [0.4, 0.5) is 0 Å². The number of hydrogen-bond acceptors (Lipinski definition) is 4. The van der Waals surface area contributed by atoms with Crippen LogP contribution in [0.25, 0.3) is 0 Å². The summed E-state index contributed by atoms with van der Waals surface area (Å²) in [7, 11) is 1.62. The maximum absolute atomic E-state index is 10.2. The van der Waals surface area contributed by atoms with Gasteiger partial charge in [0.1, 0.15) is 0 Å². The van der Waals surface area contributed by atoms with Crippen molar-refractivity contribution in [2.45, 2.75) is 51.1 Å². The molecule has 0 radical (unpaired) electrons. The van der Waals surface area contributed by atoms with E-state index in [1.807, 2.05) is 12.1 Å². The van der Waals surface area contributed by atoms with E-state index in [0.29, 0.717) is 11.8 Å². The molecule has 1 atom stereocenters. The van der Waals surface area contributed by atoms with E-state index >= 15 is 0 Å². The van der Waals surface area contributed by atoms with Crippen molar-refractivity contribution in [3.63, 3.8) is 0 Å². The summed E-state index contributed by atoms with van der Waals surface area (Å²) in [4.78, 5) is 5.82. The fourth-order valence-corrected chi connectivity index (χ4v) is 5.84. The van der Waals surface area contributed by atoms with Crippen LogP contribution in [0.1, 0.15) is 51.7 Å². The Kier molecular flexibility index (Phi) is 3.79. The Labute approximate surface area is 153 Å². The smallest absolute Gasteiger partial charge is 0.160 e. The molecule has 25 heavy (non-hydrogen) atoms. The van der Waals surface area contributed by atoms with Gasteiger partial charge in [0.25, 0.3) is 0 Å². The number of rotatable bonds is 3. The summed E-state index contributed by atoms with van der Waals surface area (Å²) in [5, 5.41) is 10.2. The number of benzene rings is 1. The second-order valence-corrected chi connectivity index (χ2v) is 9.03. The second kappa shape index (κ2) is 6.03. The highest BCUT2D eigenvalue weighted by atomic mass is 32.1. The first-order valence-electron chi connectivity index (χ1n) is 9.45. The molecular weight excluding hydrogens is 330 g/mol. The number of hydrogen-bond donors (Lipinski definition) is 1. The normalized spacial score (nSPS) is 22.7. The Morgan fingerprint density at radius 3 is 2.84 bits per heavy atom. The second-order valence-electron chi connectivity index (χ2n) is 7.81. The monoisotopic (exact) mass is 355 g/mol. The van der Waals surface area contributed by atoms with Crippen molar-refractivity contribution < 1.29 is 9.84 Å². The van der Waals surface area contributed by atoms with Gasteiger partial charge in [-0.2, -0.15) is 0 Å². The van der Waals surface area contributed by atoms with Gasteiger partial charge in [0.05, 0.1) is 7.11 Å². The molecule has 3 nitrogen and oxygen atoms in total. The summed E-state index contributed by atoms with van der Waals surface area (Å²) < 4.78 is 5.30. The van der Waals surface area contributed by atoms with Gasteiger partial charge in [-0.15, -0.1) is 11.3 Å². The van der Waals surface area contributed by atoms with E-state index in [9.17, 15) is 5.11 Å². The minimum atomic E-state index is 0.272. The molecule has 132 valence electrons. The van der Waals surface area contributed by atoms with E-state index in [1.54, 1.807) is 22.4 Å². The number of thiophene rings is 1. The molecule has 2 aliphatic heterocycles. The van der Waals surface area contributed by atoms with Crippen LogP contribution >= 0.6 is 11.3 Å². The third-order valence-corrected chi connectivity index (χ3v) is 7.32. The predicted octanol–water partition coefficient (Wildman–Crippen LogP) is 4.46. The predicted molar refractivity (Wildman–Crippen MR) is 101 cm³/mol. The highest BCUT2D eigenvalue weighted by molar-refractivity contribution is 7.12. The van der Waals surface area contributed by atoms with Gasteiger partial charge in [-0.25, -0.2) is 0 Å². The van der Waals surface area contributed by atoms with Crippen molar-refractivity contribution >= 4 is 11.3 Å². The standard InChI is InChI=1S/C21H25NO2S/c1-24-20-10-14-6-7-22-12-15-9-16(8-13-2-3-13)25-21(15)5-4-18(22)17(14)11-19(20)23/h9-11,13,18,23H,2-8,12H2,1H3/t18-/m0/s1. The number of aryl methyl sites for hydroxylation is 1. The lowest BCUT2D eigenvalue weighted by Gasteiger charge is -2.36. The van der Waals surface area contributed by atoms with Crippen molar-refractivity contribution in [3.8, 4) is 11.5 Å². The quantitative estimate of drug-likeness (QED) is 0.882. The Hall–Kier alpha value is -1.52. The topological polar surface area (TPSA) is 32.7 Å². The highest BCUT2D eigenvalue weighted by Gasteiger charge is 2.32. The minimum Gasteiger partial charge on any atom is -0.504 e. The average Bonchev–Trinajstić information content (AvgIpc) is 3.37. The highest BCUT2D eigenvalue weighted by Crippen LogP contribution is 2.43. The molecule has 1 fully saturated rings. The van der Waals surface area contributed by atoms with Crippen LogP contribution < -0.4 is 4.74 Å². The Bertz CT molecular complexity index is 808. The molecule has 1 aliphatic carbocycles. The van der Waals surface area contributed by atoms with Crippen LogP contribution in [0.5, 0.6) is 11.5 Å². The summed E-state index contributed by atoms with van der Waals surface area (Å²) in [5.74, 6) is 1.84. The summed E-state index contributed by atoms with van der Waals surface area (Å²) >= 11 is 2.06. The molecule has 0 unspecified atom stereocenters. The molecule has 1 aromatic carbocycles. The van der Waals surface area contributed by atoms with Crippen LogP contribution in [0.2, 0.25) is 0 Å². The summed E-state index contributed by atoms with van der Waals surface area (Å²) in [5.41, 5.74) is 4.21. The molecule has 1 N–H and O–H groups in total. The maximum atomic E-state index is 10.2. The Balaban J connectivity index is 1.43. The zero-order chi connectivity index (χ0) is 17.0.